The molecule has 4 saturated carbocycles. The highest BCUT2D eigenvalue weighted by molar-refractivity contribution is 6.30. The van der Waals surface area contributed by atoms with E-state index in [4.69, 9.17) is 16.3 Å². The lowest BCUT2D eigenvalue weighted by atomic mass is 9.48. The molecule has 1 amide bonds. The van der Waals surface area contributed by atoms with Gasteiger partial charge in [0.05, 0.1) is 12.8 Å². The van der Waals surface area contributed by atoms with Crippen molar-refractivity contribution in [1.82, 2.24) is 0 Å². The Labute approximate surface area is 229 Å². The molecule has 0 radical (unpaired) electrons. The van der Waals surface area contributed by atoms with Gasteiger partial charge in [-0.2, -0.15) is 0 Å². The second kappa shape index (κ2) is 9.17. The molecular weight excluding hydrogens is 490 g/mol. The van der Waals surface area contributed by atoms with Crippen LogP contribution in [0.1, 0.15) is 55.2 Å². The van der Waals surface area contributed by atoms with Crippen LogP contribution < -0.4 is 9.64 Å². The fourth-order valence-corrected chi connectivity index (χ4v) is 8.14. The van der Waals surface area contributed by atoms with Gasteiger partial charge in [-0.05, 0) is 127 Å². The predicted octanol–water partition coefficient (Wildman–Crippen LogP) is 8.29. The number of carbonyl (C=O) groups is 1. The van der Waals surface area contributed by atoms with Crippen LogP contribution in [-0.2, 0) is 10.2 Å². The minimum Gasteiger partial charge on any atom is -0.497 e. The molecule has 4 bridgehead atoms. The number of methoxy groups -OCH3 is 1. The quantitative estimate of drug-likeness (QED) is 0.316. The van der Waals surface area contributed by atoms with E-state index in [-0.39, 0.29) is 5.91 Å². The molecule has 0 saturated heterocycles. The normalized spacial score (nSPS) is 28.7. The van der Waals surface area contributed by atoms with Gasteiger partial charge in [0.2, 0.25) is 0 Å². The van der Waals surface area contributed by atoms with Gasteiger partial charge in [-0.25, -0.2) is 0 Å². The van der Waals surface area contributed by atoms with Crippen LogP contribution in [0, 0.1) is 17.8 Å². The molecule has 0 spiro atoms. The molecule has 192 valence electrons. The summed E-state index contributed by atoms with van der Waals surface area (Å²) in [7, 11) is 1.65. The van der Waals surface area contributed by atoms with Crippen LogP contribution in [0.2, 0.25) is 5.02 Å². The Bertz CT molecular complexity index is 1400. The summed E-state index contributed by atoms with van der Waals surface area (Å²) in [4.78, 5) is 15.7. The van der Waals surface area contributed by atoms with Gasteiger partial charge in [-0.1, -0.05) is 48.0 Å². The Morgan fingerprint density at radius 2 is 1.45 bits per heavy atom. The number of rotatable bonds is 5. The van der Waals surface area contributed by atoms with Crippen molar-refractivity contribution in [2.75, 3.05) is 12.0 Å². The third kappa shape index (κ3) is 4.08. The molecule has 3 nitrogen and oxygen atoms in total. The van der Waals surface area contributed by atoms with Crippen LogP contribution in [0.5, 0.6) is 5.75 Å². The topological polar surface area (TPSA) is 29.5 Å². The Hall–Kier alpha value is -3.30. The zero-order chi connectivity index (χ0) is 25.9. The molecule has 3 aromatic carbocycles. The summed E-state index contributed by atoms with van der Waals surface area (Å²) in [6.07, 6.45) is 12.3. The van der Waals surface area contributed by atoms with Gasteiger partial charge in [-0.15, -0.1) is 0 Å². The summed E-state index contributed by atoms with van der Waals surface area (Å²) in [6.45, 7) is 0. The Balaban J connectivity index is 1.24. The van der Waals surface area contributed by atoms with Gasteiger partial charge < -0.3 is 4.74 Å². The van der Waals surface area contributed by atoms with E-state index in [0.29, 0.717) is 16.0 Å². The molecule has 4 fully saturated rings. The fourth-order valence-electron chi connectivity index (χ4n) is 8.01. The minimum atomic E-state index is -0.0201. The summed E-state index contributed by atoms with van der Waals surface area (Å²) in [6, 6.07) is 24.4. The van der Waals surface area contributed by atoms with Crippen molar-refractivity contribution in [3.8, 4) is 5.75 Å². The first-order chi connectivity index (χ1) is 18.5. The van der Waals surface area contributed by atoms with Crippen molar-refractivity contribution in [3.05, 3.63) is 106 Å². The number of amides is 1. The first kappa shape index (κ1) is 23.8. The first-order valence-corrected chi connectivity index (χ1v) is 14.2. The van der Waals surface area contributed by atoms with Crippen molar-refractivity contribution in [3.63, 3.8) is 0 Å². The van der Waals surface area contributed by atoms with E-state index in [9.17, 15) is 4.79 Å². The summed E-state index contributed by atoms with van der Waals surface area (Å²) in [5.74, 6) is 3.50. The highest BCUT2D eigenvalue weighted by atomic mass is 35.5. The van der Waals surface area contributed by atoms with E-state index in [2.05, 4.69) is 24.3 Å². The van der Waals surface area contributed by atoms with E-state index in [1.54, 1.807) is 7.11 Å². The molecule has 0 aromatic heterocycles. The number of carbonyl (C=O) groups excluding carboxylic acids is 1. The van der Waals surface area contributed by atoms with Crippen LogP contribution in [-0.4, -0.2) is 13.0 Å². The molecule has 8 rings (SSSR count). The zero-order valence-electron chi connectivity index (χ0n) is 21.7. The molecular formula is C34H32ClNO2. The van der Waals surface area contributed by atoms with E-state index < -0.39 is 0 Å². The van der Waals surface area contributed by atoms with Crippen molar-refractivity contribution in [1.29, 1.82) is 0 Å². The fraction of sp³-hybridized carbons (Fsp3) is 0.324. The maximum atomic E-state index is 13.8. The molecule has 0 N–H and O–H groups in total. The van der Waals surface area contributed by atoms with Crippen molar-refractivity contribution < 1.29 is 9.53 Å². The lowest BCUT2D eigenvalue weighted by molar-refractivity contribution is -0.113. The number of ether oxygens (including phenoxy) is 1. The third-order valence-corrected chi connectivity index (χ3v) is 9.59. The second-order valence-electron chi connectivity index (χ2n) is 11.8. The predicted molar refractivity (Wildman–Crippen MR) is 154 cm³/mol. The average molecular weight is 522 g/mol. The molecule has 3 aromatic rings. The van der Waals surface area contributed by atoms with Crippen LogP contribution in [0.15, 0.2) is 84.4 Å². The number of hydrogen-bond acceptors (Lipinski definition) is 2. The van der Waals surface area contributed by atoms with E-state index in [1.807, 2.05) is 65.6 Å². The van der Waals surface area contributed by atoms with Crippen LogP contribution >= 0.6 is 11.6 Å². The number of halogens is 1. The molecule has 0 unspecified atom stereocenters. The third-order valence-electron chi connectivity index (χ3n) is 9.34. The van der Waals surface area contributed by atoms with E-state index in [1.165, 1.54) is 44.1 Å². The van der Waals surface area contributed by atoms with Gasteiger partial charge >= 0.3 is 0 Å². The molecule has 0 atom stereocenters. The first-order valence-electron chi connectivity index (χ1n) is 13.8. The largest absolute Gasteiger partial charge is 0.497 e. The Morgan fingerprint density at radius 1 is 0.842 bits per heavy atom. The SMILES string of the molecule is COc1ccc(C=C2C=C(c3ccc(Cl)cc3)N(c3ccc(C45CC6CC(CC(C6)C4)C5)cc3)C2=O)cc1. The van der Waals surface area contributed by atoms with Crippen LogP contribution in [0.25, 0.3) is 11.8 Å². The van der Waals surface area contributed by atoms with Crippen LogP contribution in [0.4, 0.5) is 5.69 Å². The molecule has 4 aliphatic carbocycles. The monoisotopic (exact) mass is 521 g/mol. The van der Waals surface area contributed by atoms with E-state index in [0.717, 1.165) is 46.0 Å². The maximum absolute atomic E-state index is 13.8. The van der Waals surface area contributed by atoms with E-state index >= 15 is 0 Å². The number of hydrogen-bond donors (Lipinski definition) is 0. The van der Waals surface area contributed by atoms with Crippen molar-refractivity contribution in [2.45, 2.75) is 43.9 Å². The summed E-state index contributed by atoms with van der Waals surface area (Å²) < 4.78 is 5.29. The van der Waals surface area contributed by atoms with Gasteiger partial charge in [0.15, 0.2) is 0 Å². The average Bonchev–Trinajstić information content (AvgIpc) is 3.24. The van der Waals surface area contributed by atoms with Crippen LogP contribution in [0.3, 0.4) is 0 Å². The molecule has 38 heavy (non-hydrogen) atoms. The number of benzene rings is 3. The minimum absolute atomic E-state index is 0.0201. The van der Waals surface area contributed by atoms with Crippen molar-refractivity contribution in [2.24, 2.45) is 17.8 Å². The summed E-state index contributed by atoms with van der Waals surface area (Å²) >= 11 is 6.19. The zero-order valence-corrected chi connectivity index (χ0v) is 22.5. The van der Waals surface area contributed by atoms with Crippen molar-refractivity contribution >= 4 is 35.0 Å². The highest BCUT2D eigenvalue weighted by Crippen LogP contribution is 2.60. The van der Waals surface area contributed by atoms with Gasteiger partial charge in [-0.3, -0.25) is 9.69 Å². The highest BCUT2D eigenvalue weighted by Gasteiger charge is 2.51. The van der Waals surface area contributed by atoms with Gasteiger partial charge in [0, 0.05) is 16.3 Å². The standard InChI is InChI=1S/C34H32ClNO2/c1-38-31-12-2-22(3-13-31)17-27-18-32(26-4-8-29(35)9-5-26)36(33(27)37)30-10-6-28(7-11-30)34-19-23-14-24(20-34)16-25(15-23)21-34/h2-13,17-18,23-25H,14-16,19-21H2,1H3. The number of nitrogens with zero attached hydrogens (tertiary/aromatic N) is 1. The molecule has 1 heterocycles. The number of anilines is 1. The summed E-state index contributed by atoms with van der Waals surface area (Å²) in [5, 5.41) is 0.680. The smallest absolute Gasteiger partial charge is 0.262 e. The Morgan fingerprint density at radius 3 is 2.03 bits per heavy atom. The van der Waals surface area contributed by atoms with Gasteiger partial charge in [0.1, 0.15) is 5.75 Å². The Kier molecular flexibility index (Phi) is 5.74. The molecule has 1 aliphatic heterocycles. The summed E-state index contributed by atoms with van der Waals surface area (Å²) in [5.41, 5.74) is 6.17. The second-order valence-corrected chi connectivity index (χ2v) is 12.2. The maximum Gasteiger partial charge on any atom is 0.262 e. The lowest BCUT2D eigenvalue weighted by Crippen LogP contribution is -2.48. The van der Waals surface area contributed by atoms with Gasteiger partial charge in [0.25, 0.3) is 5.91 Å². The lowest BCUT2D eigenvalue weighted by Gasteiger charge is -2.57. The molecule has 4 heteroatoms. The molecule has 5 aliphatic rings.